The fourth-order valence-electron chi connectivity index (χ4n) is 2.61. The molecule has 2 rings (SSSR count). The lowest BCUT2D eigenvalue weighted by atomic mass is 9.74. The van der Waals surface area contributed by atoms with Gasteiger partial charge in [-0.25, -0.2) is 4.98 Å². The van der Waals surface area contributed by atoms with Crippen molar-refractivity contribution in [1.29, 1.82) is 0 Å². The topological polar surface area (TPSA) is 62.2 Å². The Morgan fingerprint density at radius 2 is 2.16 bits per heavy atom. The van der Waals surface area contributed by atoms with Crippen LogP contribution < -0.4 is 5.32 Å². The number of hydrogen-bond acceptors (Lipinski definition) is 3. The molecule has 0 atom stereocenters. The molecule has 1 aliphatic carbocycles. The lowest BCUT2D eigenvalue weighted by Gasteiger charge is -2.35. The maximum Gasteiger partial charge on any atom is 0.251 e. The zero-order chi connectivity index (χ0) is 13.7. The van der Waals surface area contributed by atoms with E-state index in [4.69, 9.17) is 0 Å². The summed E-state index contributed by atoms with van der Waals surface area (Å²) >= 11 is 0. The molecule has 1 fully saturated rings. The van der Waals surface area contributed by atoms with E-state index in [1.807, 2.05) is 0 Å². The number of halogens is 1. The predicted molar refractivity (Wildman–Crippen MR) is 69.1 cm³/mol. The Kier molecular flexibility index (Phi) is 4.47. The Bertz CT molecular complexity index is 445. The molecule has 1 aromatic rings. The second-order valence-corrected chi connectivity index (χ2v) is 5.27. The minimum absolute atomic E-state index is 0.0813. The number of pyridine rings is 1. The molecule has 0 bridgehead atoms. The van der Waals surface area contributed by atoms with Gasteiger partial charge in [-0.15, -0.1) is 0 Å². The fraction of sp³-hybridized carbons (Fsp3) is 0.571. The van der Waals surface area contributed by atoms with Crippen molar-refractivity contribution in [2.45, 2.75) is 32.1 Å². The summed E-state index contributed by atoms with van der Waals surface area (Å²) in [6, 6.07) is 2.59. The third kappa shape index (κ3) is 3.50. The first kappa shape index (κ1) is 13.9. The highest BCUT2D eigenvalue weighted by Gasteiger charge is 2.31. The van der Waals surface area contributed by atoms with Gasteiger partial charge >= 0.3 is 0 Å². The summed E-state index contributed by atoms with van der Waals surface area (Å²) in [5, 5.41) is 12.3. The predicted octanol–water partition coefficient (Wildman–Crippen LogP) is 1.89. The van der Waals surface area contributed by atoms with Gasteiger partial charge in [0.2, 0.25) is 5.95 Å². The van der Waals surface area contributed by atoms with Crippen molar-refractivity contribution in [2.24, 2.45) is 5.41 Å². The third-order valence-electron chi connectivity index (χ3n) is 3.86. The van der Waals surface area contributed by atoms with E-state index >= 15 is 0 Å². The van der Waals surface area contributed by atoms with Crippen molar-refractivity contribution in [2.75, 3.05) is 13.2 Å². The van der Waals surface area contributed by atoms with Gasteiger partial charge in [0.15, 0.2) is 0 Å². The Morgan fingerprint density at radius 1 is 1.42 bits per heavy atom. The Morgan fingerprint density at radius 3 is 2.79 bits per heavy atom. The summed E-state index contributed by atoms with van der Waals surface area (Å²) in [5.74, 6) is -0.984. The number of rotatable bonds is 4. The number of carbonyl (C=O) groups is 1. The number of hydrogen-bond donors (Lipinski definition) is 2. The quantitative estimate of drug-likeness (QED) is 0.818. The molecule has 104 valence electrons. The first-order valence-corrected chi connectivity index (χ1v) is 6.66. The molecule has 19 heavy (non-hydrogen) atoms. The van der Waals surface area contributed by atoms with E-state index < -0.39 is 5.95 Å². The van der Waals surface area contributed by atoms with Gasteiger partial charge in [-0.2, -0.15) is 4.39 Å². The molecule has 1 amide bonds. The monoisotopic (exact) mass is 266 g/mol. The average Bonchev–Trinajstić information content (AvgIpc) is 2.46. The Labute approximate surface area is 112 Å². The van der Waals surface area contributed by atoms with Crippen molar-refractivity contribution in [3.05, 3.63) is 29.8 Å². The highest BCUT2D eigenvalue weighted by atomic mass is 19.1. The lowest BCUT2D eigenvalue weighted by molar-refractivity contribution is 0.0717. The van der Waals surface area contributed by atoms with Crippen LogP contribution in [-0.2, 0) is 0 Å². The van der Waals surface area contributed by atoms with Gasteiger partial charge in [0, 0.05) is 29.8 Å². The van der Waals surface area contributed by atoms with E-state index in [1.165, 1.54) is 18.7 Å². The molecular formula is C14H19FN2O2. The van der Waals surface area contributed by atoms with E-state index in [2.05, 4.69) is 10.3 Å². The standard InChI is InChI=1S/C14H19FN2O2/c15-12-8-11(4-7-16-12)13(19)17-9-14(10-18)5-2-1-3-6-14/h4,7-8,18H,1-3,5-6,9-10H2,(H,17,19). The molecule has 1 aromatic heterocycles. The summed E-state index contributed by atoms with van der Waals surface area (Å²) in [5.41, 5.74) is 0.0517. The van der Waals surface area contributed by atoms with Crippen LogP contribution in [0.2, 0.25) is 0 Å². The normalized spacial score (nSPS) is 18.0. The maximum atomic E-state index is 12.9. The van der Waals surface area contributed by atoms with E-state index in [-0.39, 0.29) is 23.5 Å². The molecule has 0 spiro atoms. The second-order valence-electron chi connectivity index (χ2n) is 5.27. The lowest BCUT2D eigenvalue weighted by Crippen LogP contribution is -2.41. The molecule has 1 saturated carbocycles. The summed E-state index contributed by atoms with van der Waals surface area (Å²) in [6.07, 6.45) is 6.47. The number of carbonyl (C=O) groups excluding carboxylic acids is 1. The van der Waals surface area contributed by atoms with Crippen LogP contribution in [0, 0.1) is 11.4 Å². The second kappa shape index (κ2) is 6.10. The summed E-state index contributed by atoms with van der Waals surface area (Å²) < 4.78 is 12.9. The van der Waals surface area contributed by atoms with Crippen LogP contribution >= 0.6 is 0 Å². The van der Waals surface area contributed by atoms with Crippen molar-refractivity contribution in [3.63, 3.8) is 0 Å². The van der Waals surface area contributed by atoms with Gasteiger partial charge in [0.05, 0.1) is 6.61 Å². The minimum Gasteiger partial charge on any atom is -0.396 e. The van der Waals surface area contributed by atoms with E-state index in [1.54, 1.807) is 0 Å². The van der Waals surface area contributed by atoms with Gasteiger partial charge in [0.25, 0.3) is 5.91 Å². The van der Waals surface area contributed by atoms with Crippen LogP contribution in [0.15, 0.2) is 18.3 Å². The number of nitrogens with one attached hydrogen (secondary N) is 1. The van der Waals surface area contributed by atoms with Crippen LogP contribution in [-0.4, -0.2) is 29.1 Å². The summed E-state index contributed by atoms with van der Waals surface area (Å²) in [7, 11) is 0. The van der Waals surface area contributed by atoms with E-state index in [0.29, 0.717) is 6.54 Å². The highest BCUT2D eigenvalue weighted by molar-refractivity contribution is 5.94. The molecule has 0 saturated heterocycles. The Hall–Kier alpha value is -1.49. The van der Waals surface area contributed by atoms with Crippen LogP contribution in [0.3, 0.4) is 0 Å². The molecule has 0 unspecified atom stereocenters. The van der Waals surface area contributed by atoms with Gasteiger partial charge in [-0.3, -0.25) is 4.79 Å². The molecule has 1 aliphatic rings. The number of aliphatic hydroxyl groups excluding tert-OH is 1. The van der Waals surface area contributed by atoms with E-state index in [0.717, 1.165) is 31.7 Å². The number of amides is 1. The van der Waals surface area contributed by atoms with Crippen molar-refractivity contribution >= 4 is 5.91 Å². The highest BCUT2D eigenvalue weighted by Crippen LogP contribution is 2.35. The van der Waals surface area contributed by atoms with Crippen LogP contribution in [0.25, 0.3) is 0 Å². The van der Waals surface area contributed by atoms with E-state index in [9.17, 15) is 14.3 Å². The van der Waals surface area contributed by atoms with Crippen molar-refractivity contribution < 1.29 is 14.3 Å². The SMILES string of the molecule is O=C(NCC1(CO)CCCCC1)c1ccnc(F)c1. The minimum atomic E-state index is -0.665. The van der Waals surface area contributed by atoms with Crippen molar-refractivity contribution in [3.8, 4) is 0 Å². The average molecular weight is 266 g/mol. The van der Waals surface area contributed by atoms with Crippen LogP contribution in [0.4, 0.5) is 4.39 Å². The first-order valence-electron chi connectivity index (χ1n) is 6.66. The zero-order valence-electron chi connectivity index (χ0n) is 10.9. The Balaban J connectivity index is 1.95. The molecular weight excluding hydrogens is 247 g/mol. The summed E-state index contributed by atoms with van der Waals surface area (Å²) in [4.78, 5) is 15.3. The van der Waals surface area contributed by atoms with Crippen molar-refractivity contribution in [1.82, 2.24) is 10.3 Å². The van der Waals surface area contributed by atoms with Gasteiger partial charge < -0.3 is 10.4 Å². The molecule has 5 heteroatoms. The molecule has 2 N–H and O–H groups in total. The maximum absolute atomic E-state index is 12.9. The number of aliphatic hydroxyl groups is 1. The molecule has 4 nitrogen and oxygen atoms in total. The summed E-state index contributed by atoms with van der Waals surface area (Å²) in [6.45, 7) is 0.518. The van der Waals surface area contributed by atoms with Gasteiger partial charge in [-0.05, 0) is 18.9 Å². The zero-order valence-corrected chi connectivity index (χ0v) is 10.9. The van der Waals surface area contributed by atoms with Gasteiger partial charge in [-0.1, -0.05) is 19.3 Å². The number of aromatic nitrogens is 1. The first-order chi connectivity index (χ1) is 9.15. The van der Waals surface area contributed by atoms with Crippen LogP contribution in [0.5, 0.6) is 0 Å². The third-order valence-corrected chi connectivity index (χ3v) is 3.86. The van der Waals surface area contributed by atoms with Crippen LogP contribution in [0.1, 0.15) is 42.5 Å². The molecule has 0 aromatic carbocycles. The molecule has 0 radical (unpaired) electrons. The largest absolute Gasteiger partial charge is 0.396 e. The fourth-order valence-corrected chi connectivity index (χ4v) is 2.61. The molecule has 1 heterocycles. The molecule has 0 aliphatic heterocycles. The smallest absolute Gasteiger partial charge is 0.251 e. The van der Waals surface area contributed by atoms with Gasteiger partial charge in [0.1, 0.15) is 0 Å². The number of nitrogens with zero attached hydrogens (tertiary/aromatic N) is 1.